The summed E-state index contributed by atoms with van der Waals surface area (Å²) in [5.74, 6) is 0.972. The Morgan fingerprint density at radius 2 is 1.79 bits per heavy atom. The van der Waals surface area contributed by atoms with E-state index < -0.39 is 0 Å². The monoisotopic (exact) mass is 575 g/mol. The molecule has 0 radical (unpaired) electrons. The minimum Gasteiger partial charge on any atom is -0.378 e. The highest BCUT2D eigenvalue weighted by atomic mass is 127. The Morgan fingerprint density at radius 1 is 1.12 bits per heavy atom. The van der Waals surface area contributed by atoms with Crippen LogP contribution >= 0.6 is 24.0 Å². The lowest BCUT2D eigenvalue weighted by Gasteiger charge is -2.36. The molecule has 2 aliphatic heterocycles. The summed E-state index contributed by atoms with van der Waals surface area (Å²) in [5.41, 5.74) is 1.49. The van der Waals surface area contributed by atoms with Gasteiger partial charge in [0.2, 0.25) is 5.91 Å². The zero-order valence-electron chi connectivity index (χ0n) is 20.2. The van der Waals surface area contributed by atoms with E-state index in [1.54, 1.807) is 6.07 Å². The number of morpholine rings is 1. The molecule has 9 heteroatoms. The van der Waals surface area contributed by atoms with Gasteiger partial charge in [-0.1, -0.05) is 6.07 Å². The number of likely N-dealkylation sites (tertiary alicyclic amines) is 1. The highest BCUT2D eigenvalue weighted by Crippen LogP contribution is 2.22. The highest BCUT2D eigenvalue weighted by molar-refractivity contribution is 14.0. The summed E-state index contributed by atoms with van der Waals surface area (Å²) in [4.78, 5) is 23.7. The van der Waals surface area contributed by atoms with Crippen molar-refractivity contribution in [1.29, 1.82) is 0 Å². The number of carbonyl (C=O) groups excluding carboxylic acids is 1. The van der Waals surface area contributed by atoms with Gasteiger partial charge in [0, 0.05) is 51.7 Å². The first-order valence-electron chi connectivity index (χ1n) is 12.0. The van der Waals surface area contributed by atoms with Gasteiger partial charge in [0.1, 0.15) is 5.82 Å². The number of ether oxygens (including phenoxy) is 1. The van der Waals surface area contributed by atoms with Gasteiger partial charge in [0.05, 0.1) is 25.4 Å². The van der Waals surface area contributed by atoms with Crippen LogP contribution in [0.25, 0.3) is 0 Å². The topological polar surface area (TPSA) is 60.4 Å². The first-order chi connectivity index (χ1) is 15.6. The van der Waals surface area contributed by atoms with Crippen molar-refractivity contribution >= 4 is 41.5 Å². The highest BCUT2D eigenvalue weighted by Gasteiger charge is 2.30. The molecular weight excluding hydrogens is 536 g/mol. The van der Waals surface area contributed by atoms with Crippen molar-refractivity contribution in [2.24, 2.45) is 10.9 Å². The smallest absolute Gasteiger partial charge is 0.225 e. The van der Waals surface area contributed by atoms with Crippen LogP contribution in [0.1, 0.15) is 39.2 Å². The van der Waals surface area contributed by atoms with Crippen LogP contribution in [-0.4, -0.2) is 80.7 Å². The maximum Gasteiger partial charge on any atom is 0.225 e. The van der Waals surface area contributed by atoms with Crippen LogP contribution < -0.4 is 10.2 Å². The number of hydrogen-bond acceptors (Lipinski definition) is 4. The van der Waals surface area contributed by atoms with E-state index in [1.165, 1.54) is 0 Å². The molecule has 0 unspecified atom stereocenters. The van der Waals surface area contributed by atoms with Gasteiger partial charge >= 0.3 is 0 Å². The van der Waals surface area contributed by atoms with Crippen molar-refractivity contribution in [2.75, 3.05) is 63.9 Å². The Balaban J connectivity index is 0.00000385. The first-order valence-corrected chi connectivity index (χ1v) is 12.0. The molecule has 186 valence electrons. The third-order valence-corrected chi connectivity index (χ3v) is 6.33. The summed E-state index contributed by atoms with van der Waals surface area (Å²) in [6, 6.07) is 5.40. The molecule has 0 bridgehead atoms. The predicted molar refractivity (Wildman–Crippen MR) is 142 cm³/mol. The van der Waals surface area contributed by atoms with E-state index in [0.29, 0.717) is 38.5 Å². The number of anilines is 1. The van der Waals surface area contributed by atoms with Gasteiger partial charge in [-0.2, -0.15) is 0 Å². The fourth-order valence-corrected chi connectivity index (χ4v) is 4.44. The quantitative estimate of drug-likeness (QED) is 0.307. The Morgan fingerprint density at radius 3 is 2.36 bits per heavy atom. The maximum atomic E-state index is 14.6. The number of halogens is 2. The molecule has 2 aliphatic rings. The molecule has 0 aromatic heterocycles. The second kappa shape index (κ2) is 13.9. The van der Waals surface area contributed by atoms with Crippen molar-refractivity contribution in [2.45, 2.75) is 40.2 Å². The normalized spacial score (nSPS) is 17.5. The minimum atomic E-state index is -0.200. The molecule has 7 nitrogen and oxygen atoms in total. The number of carbonyl (C=O) groups is 1. The van der Waals surface area contributed by atoms with Crippen LogP contribution in [0.15, 0.2) is 23.2 Å². The zero-order valence-corrected chi connectivity index (χ0v) is 22.5. The Kier molecular flexibility index (Phi) is 11.7. The van der Waals surface area contributed by atoms with E-state index in [0.717, 1.165) is 57.1 Å². The second-order valence-electron chi connectivity index (χ2n) is 8.33. The van der Waals surface area contributed by atoms with Gasteiger partial charge in [0.25, 0.3) is 0 Å². The zero-order chi connectivity index (χ0) is 22.9. The fraction of sp³-hybridized carbons (Fsp3) is 0.667. The molecule has 1 aromatic carbocycles. The SMILES string of the molecule is CCNC(=NCc1ccc(N(CC)CC)c(F)c1)N1CCC(C(=O)N2CCOCC2)CC1.I. The van der Waals surface area contributed by atoms with Crippen molar-refractivity contribution in [3.05, 3.63) is 29.6 Å². The molecule has 33 heavy (non-hydrogen) atoms. The Hall–Kier alpha value is -1.62. The lowest BCUT2D eigenvalue weighted by molar-refractivity contribution is -0.140. The third kappa shape index (κ3) is 7.43. The van der Waals surface area contributed by atoms with Crippen molar-refractivity contribution in [1.82, 2.24) is 15.1 Å². The Bertz CT molecular complexity index is 776. The van der Waals surface area contributed by atoms with Crippen LogP contribution in [0.2, 0.25) is 0 Å². The molecule has 2 heterocycles. The third-order valence-electron chi connectivity index (χ3n) is 6.33. The molecule has 1 aromatic rings. The van der Waals surface area contributed by atoms with E-state index in [4.69, 9.17) is 9.73 Å². The van der Waals surface area contributed by atoms with E-state index in [9.17, 15) is 9.18 Å². The first kappa shape index (κ1) is 27.6. The van der Waals surface area contributed by atoms with Crippen LogP contribution in [-0.2, 0) is 16.1 Å². The molecule has 2 fully saturated rings. The molecule has 0 atom stereocenters. The van der Waals surface area contributed by atoms with Crippen LogP contribution in [0.4, 0.5) is 10.1 Å². The molecular formula is C24H39FIN5O2. The number of nitrogens with one attached hydrogen (secondary N) is 1. The van der Waals surface area contributed by atoms with Gasteiger partial charge in [0.15, 0.2) is 5.96 Å². The minimum absolute atomic E-state index is 0. The van der Waals surface area contributed by atoms with Crippen LogP contribution in [0, 0.1) is 11.7 Å². The summed E-state index contributed by atoms with van der Waals surface area (Å²) < 4.78 is 20.0. The van der Waals surface area contributed by atoms with Crippen molar-refractivity contribution < 1.29 is 13.9 Å². The van der Waals surface area contributed by atoms with Gasteiger partial charge < -0.3 is 24.8 Å². The number of guanidine groups is 1. The summed E-state index contributed by atoms with van der Waals surface area (Å²) in [6.07, 6.45) is 1.65. The number of benzene rings is 1. The molecule has 1 amide bonds. The summed E-state index contributed by atoms with van der Waals surface area (Å²) >= 11 is 0. The number of rotatable bonds is 7. The van der Waals surface area contributed by atoms with Crippen LogP contribution in [0.5, 0.6) is 0 Å². The lowest BCUT2D eigenvalue weighted by Crippen LogP contribution is -2.50. The number of hydrogen-bond donors (Lipinski definition) is 1. The molecule has 0 spiro atoms. The van der Waals surface area contributed by atoms with Gasteiger partial charge in [-0.25, -0.2) is 9.38 Å². The van der Waals surface area contributed by atoms with Gasteiger partial charge in [-0.3, -0.25) is 4.79 Å². The van der Waals surface area contributed by atoms with Crippen molar-refractivity contribution in [3.8, 4) is 0 Å². The molecule has 0 aliphatic carbocycles. The molecule has 3 rings (SSSR count). The maximum absolute atomic E-state index is 14.6. The predicted octanol–water partition coefficient (Wildman–Crippen LogP) is 3.33. The van der Waals surface area contributed by atoms with E-state index >= 15 is 0 Å². The van der Waals surface area contributed by atoms with Crippen molar-refractivity contribution in [3.63, 3.8) is 0 Å². The largest absolute Gasteiger partial charge is 0.378 e. The second-order valence-corrected chi connectivity index (χ2v) is 8.33. The van der Waals surface area contributed by atoms with E-state index in [1.807, 2.05) is 42.7 Å². The van der Waals surface area contributed by atoms with E-state index in [-0.39, 0.29) is 41.6 Å². The number of aliphatic imine (C=N–C) groups is 1. The fourth-order valence-electron chi connectivity index (χ4n) is 4.44. The number of nitrogens with zero attached hydrogens (tertiary/aromatic N) is 4. The average Bonchev–Trinajstić information content (AvgIpc) is 2.84. The van der Waals surface area contributed by atoms with E-state index in [2.05, 4.69) is 10.2 Å². The Labute approximate surface area is 214 Å². The summed E-state index contributed by atoms with van der Waals surface area (Å²) in [6.45, 7) is 13.1. The standard InChI is InChI=1S/C24H38FN5O2.HI/c1-4-26-24(27-18-19-7-8-22(21(25)17-19)28(5-2)6-3)30-11-9-20(10-12-30)23(31)29-13-15-32-16-14-29;/h7-8,17,20H,4-6,9-16,18H2,1-3H3,(H,26,27);1H. The molecule has 2 saturated heterocycles. The number of amides is 1. The van der Waals surface area contributed by atoms with Gasteiger partial charge in [-0.05, 0) is 51.3 Å². The average molecular weight is 576 g/mol. The number of piperidine rings is 1. The van der Waals surface area contributed by atoms with Gasteiger partial charge in [-0.15, -0.1) is 24.0 Å². The molecule has 1 N–H and O–H groups in total. The molecule has 0 saturated carbocycles. The lowest BCUT2D eigenvalue weighted by atomic mass is 9.95. The van der Waals surface area contributed by atoms with Crippen LogP contribution in [0.3, 0.4) is 0 Å². The summed E-state index contributed by atoms with van der Waals surface area (Å²) in [5, 5.41) is 3.35. The summed E-state index contributed by atoms with van der Waals surface area (Å²) in [7, 11) is 0.